The molecule has 0 saturated carbocycles. The number of rotatable bonds is 4. The van der Waals surface area contributed by atoms with Gasteiger partial charge < -0.3 is 19.7 Å². The molecule has 1 aromatic rings. The highest BCUT2D eigenvalue weighted by atomic mass is 16.5. The van der Waals surface area contributed by atoms with Crippen molar-refractivity contribution in [3.05, 3.63) is 47.1 Å². The van der Waals surface area contributed by atoms with Crippen LogP contribution in [0.15, 0.2) is 41.5 Å². The summed E-state index contributed by atoms with van der Waals surface area (Å²) in [4.78, 5) is 12.8. The highest BCUT2D eigenvalue weighted by molar-refractivity contribution is 5.90. The summed E-state index contributed by atoms with van der Waals surface area (Å²) in [5, 5.41) is 20.6. The lowest BCUT2D eigenvalue weighted by molar-refractivity contribution is -0.0217. The van der Waals surface area contributed by atoms with E-state index in [0.29, 0.717) is 12.0 Å². The van der Waals surface area contributed by atoms with E-state index < -0.39 is 18.2 Å². The third-order valence-corrected chi connectivity index (χ3v) is 5.28. The van der Waals surface area contributed by atoms with Gasteiger partial charge in [-0.2, -0.15) is 0 Å². The van der Waals surface area contributed by atoms with Crippen LogP contribution in [0.4, 0.5) is 0 Å². The van der Waals surface area contributed by atoms with E-state index >= 15 is 0 Å². The Morgan fingerprint density at radius 3 is 2.57 bits per heavy atom. The normalized spacial score (nSPS) is 27.3. The number of phenolic OH excluding ortho intramolecular Hbond substituents is 1. The average molecular weight is 389 g/mol. The van der Waals surface area contributed by atoms with Gasteiger partial charge in [-0.25, -0.2) is 4.79 Å². The number of allylic oxidation sites excluding steroid dienone is 2. The zero-order valence-corrected chi connectivity index (χ0v) is 17.4. The molecule has 0 aromatic heterocycles. The summed E-state index contributed by atoms with van der Waals surface area (Å²) >= 11 is 0. The molecule has 3 atom stereocenters. The summed E-state index contributed by atoms with van der Waals surface area (Å²) in [6.07, 6.45) is 5.33. The van der Waals surface area contributed by atoms with E-state index in [1.807, 2.05) is 33.8 Å². The van der Waals surface area contributed by atoms with Crippen molar-refractivity contribution in [2.24, 2.45) is 11.8 Å². The maximum atomic E-state index is 12.8. The molecular formula is C23H32O5. The lowest BCUT2D eigenvalue weighted by Gasteiger charge is -2.33. The fraction of sp³-hybridized carbons (Fsp3) is 0.522. The van der Waals surface area contributed by atoms with E-state index in [1.54, 1.807) is 0 Å². The summed E-state index contributed by atoms with van der Waals surface area (Å²) in [6.45, 7) is 8.13. The number of hydrogen-bond donors (Lipinski definition) is 2. The number of hydrogen-bond acceptors (Lipinski definition) is 5. The topological polar surface area (TPSA) is 76.0 Å². The monoisotopic (exact) mass is 388 g/mol. The van der Waals surface area contributed by atoms with Crippen molar-refractivity contribution >= 4 is 5.97 Å². The van der Waals surface area contributed by atoms with Gasteiger partial charge in [0.1, 0.15) is 6.10 Å². The highest BCUT2D eigenvalue weighted by Crippen LogP contribution is 2.31. The molecule has 2 N–H and O–H groups in total. The molecule has 5 nitrogen and oxygen atoms in total. The van der Waals surface area contributed by atoms with Crippen molar-refractivity contribution in [3.63, 3.8) is 0 Å². The Hall–Kier alpha value is -2.27. The Morgan fingerprint density at radius 2 is 1.93 bits per heavy atom. The van der Waals surface area contributed by atoms with E-state index in [0.717, 1.165) is 24.0 Å². The summed E-state index contributed by atoms with van der Waals surface area (Å²) < 4.78 is 11.0. The van der Waals surface area contributed by atoms with Crippen molar-refractivity contribution in [2.75, 3.05) is 7.11 Å². The molecule has 1 aliphatic rings. The number of esters is 1. The lowest BCUT2D eigenvalue weighted by atomic mass is 9.81. The first kappa shape index (κ1) is 22.0. The third-order valence-electron chi connectivity index (χ3n) is 5.28. The van der Waals surface area contributed by atoms with Gasteiger partial charge in [-0.3, -0.25) is 0 Å². The van der Waals surface area contributed by atoms with Gasteiger partial charge in [0, 0.05) is 12.3 Å². The van der Waals surface area contributed by atoms with Crippen molar-refractivity contribution < 1.29 is 24.5 Å². The van der Waals surface area contributed by atoms with E-state index in [2.05, 4.69) is 6.08 Å². The van der Waals surface area contributed by atoms with Crippen LogP contribution in [0.5, 0.6) is 11.5 Å². The number of benzene rings is 1. The molecule has 0 saturated heterocycles. The molecule has 1 aromatic carbocycles. The number of ether oxygens (including phenoxy) is 2. The molecule has 28 heavy (non-hydrogen) atoms. The predicted molar refractivity (Wildman–Crippen MR) is 110 cm³/mol. The first-order chi connectivity index (χ1) is 13.2. The molecule has 0 fully saturated rings. The molecule has 5 heteroatoms. The van der Waals surface area contributed by atoms with Crippen LogP contribution in [0.3, 0.4) is 0 Å². The first-order valence-electron chi connectivity index (χ1n) is 9.82. The predicted octanol–water partition coefficient (Wildman–Crippen LogP) is 4.64. The van der Waals surface area contributed by atoms with Gasteiger partial charge in [0.2, 0.25) is 0 Å². The van der Waals surface area contributed by atoms with Gasteiger partial charge in [0.05, 0.1) is 18.8 Å². The van der Waals surface area contributed by atoms with Crippen LogP contribution in [-0.2, 0) is 4.74 Å². The fourth-order valence-electron chi connectivity index (χ4n) is 3.74. The minimum absolute atomic E-state index is 0.0346. The molecule has 0 radical (unpaired) electrons. The number of aliphatic hydroxyl groups excluding tert-OH is 1. The van der Waals surface area contributed by atoms with E-state index in [9.17, 15) is 15.0 Å². The molecule has 1 aliphatic carbocycles. The Morgan fingerprint density at radius 1 is 1.21 bits per heavy atom. The van der Waals surface area contributed by atoms with Gasteiger partial charge in [0.15, 0.2) is 11.5 Å². The van der Waals surface area contributed by atoms with Crippen molar-refractivity contribution in [1.29, 1.82) is 0 Å². The Bertz CT molecular complexity index is 747. The minimum Gasteiger partial charge on any atom is -0.504 e. The number of methoxy groups -OCH3 is 1. The maximum absolute atomic E-state index is 12.8. The summed E-state index contributed by atoms with van der Waals surface area (Å²) in [5.74, 6) is -0.410. The largest absolute Gasteiger partial charge is 0.504 e. The third kappa shape index (κ3) is 5.61. The number of aliphatic hydroxyl groups is 1. The van der Waals surface area contributed by atoms with Crippen LogP contribution < -0.4 is 4.74 Å². The molecule has 2 rings (SSSR count). The van der Waals surface area contributed by atoms with E-state index in [-0.39, 0.29) is 23.3 Å². The second-order valence-electron chi connectivity index (χ2n) is 7.95. The van der Waals surface area contributed by atoms with Crippen molar-refractivity contribution in [1.82, 2.24) is 0 Å². The number of carbonyl (C=O) groups is 1. The SMILES string of the molecule is COc1cc(C(=O)O[C@H]2C/C(C)=C/CC/C(C)=C/[C@@H](O)[C@H]2C(C)C)ccc1O. The molecule has 0 bridgehead atoms. The molecule has 0 heterocycles. The fourth-order valence-corrected chi connectivity index (χ4v) is 3.74. The van der Waals surface area contributed by atoms with Crippen LogP contribution in [0.2, 0.25) is 0 Å². The van der Waals surface area contributed by atoms with E-state index in [1.165, 1.54) is 25.3 Å². The van der Waals surface area contributed by atoms with E-state index in [4.69, 9.17) is 9.47 Å². The zero-order valence-electron chi connectivity index (χ0n) is 17.4. The lowest BCUT2D eigenvalue weighted by Crippen LogP contribution is -2.38. The highest BCUT2D eigenvalue weighted by Gasteiger charge is 2.33. The molecule has 0 spiro atoms. The average Bonchev–Trinajstić information content (AvgIpc) is 2.61. The molecule has 0 unspecified atom stereocenters. The number of carbonyl (C=O) groups excluding carboxylic acids is 1. The van der Waals surface area contributed by atoms with Crippen molar-refractivity contribution in [3.8, 4) is 11.5 Å². The summed E-state index contributed by atoms with van der Waals surface area (Å²) in [5.41, 5.74) is 2.59. The maximum Gasteiger partial charge on any atom is 0.338 e. The van der Waals surface area contributed by atoms with Crippen LogP contribution >= 0.6 is 0 Å². The second-order valence-corrected chi connectivity index (χ2v) is 7.95. The number of aromatic hydroxyl groups is 1. The van der Waals surface area contributed by atoms with Gasteiger partial charge >= 0.3 is 5.97 Å². The summed E-state index contributed by atoms with van der Waals surface area (Å²) in [7, 11) is 1.43. The van der Waals surface area contributed by atoms with Gasteiger partial charge in [-0.15, -0.1) is 0 Å². The minimum atomic E-state index is -0.682. The smallest absolute Gasteiger partial charge is 0.338 e. The Balaban J connectivity index is 2.33. The molecule has 0 amide bonds. The number of phenols is 1. The molecular weight excluding hydrogens is 356 g/mol. The van der Waals surface area contributed by atoms with Crippen LogP contribution in [0.1, 0.15) is 57.3 Å². The standard InChI is InChI=1S/C23H32O5/c1-14(2)22-19(25)11-15(3)7-6-8-16(4)12-21(22)28-23(26)17-9-10-18(24)20(13-17)27-5/h8-11,13-14,19,21-22,24-25H,6-7,12H2,1-5H3/b15-11+,16-8+/t19-,21+,22-/m1/s1. The van der Waals surface area contributed by atoms with Crippen molar-refractivity contribution in [2.45, 2.75) is 59.2 Å². The van der Waals surface area contributed by atoms with Crippen LogP contribution in [0, 0.1) is 11.8 Å². The molecule has 154 valence electrons. The van der Waals surface area contributed by atoms with Crippen LogP contribution in [-0.4, -0.2) is 35.5 Å². The molecule has 0 aliphatic heterocycles. The Kier molecular flexibility index (Phi) is 7.69. The van der Waals surface area contributed by atoms with Gasteiger partial charge in [-0.05, 0) is 50.8 Å². The summed E-state index contributed by atoms with van der Waals surface area (Å²) in [6, 6.07) is 4.38. The van der Waals surface area contributed by atoms with Crippen LogP contribution in [0.25, 0.3) is 0 Å². The zero-order chi connectivity index (χ0) is 20.8. The Labute approximate surface area is 167 Å². The quantitative estimate of drug-likeness (QED) is 0.581. The van der Waals surface area contributed by atoms with Gasteiger partial charge in [0.25, 0.3) is 0 Å². The first-order valence-corrected chi connectivity index (χ1v) is 9.82. The van der Waals surface area contributed by atoms with Gasteiger partial charge in [-0.1, -0.05) is 37.1 Å². The second kappa shape index (κ2) is 9.78.